The number of ether oxygens (including phenoxy) is 1. The van der Waals surface area contributed by atoms with Gasteiger partial charge in [0.15, 0.2) is 5.82 Å². The number of nitrogen functional groups attached to an aromatic ring is 1. The zero-order valence-corrected chi connectivity index (χ0v) is 7.00. The maximum atomic E-state index is 5.69. The summed E-state index contributed by atoms with van der Waals surface area (Å²) >= 11 is 6.86. The van der Waals surface area contributed by atoms with Crippen molar-refractivity contribution in [2.24, 2.45) is 0 Å². The monoisotopic (exact) mass is 178 g/mol. The first-order valence-corrected chi connectivity index (χ1v) is 3.94. The average Bonchev–Trinajstić information content (AvgIpc) is 2.20. The van der Waals surface area contributed by atoms with Gasteiger partial charge < -0.3 is 10.5 Å². The smallest absolute Gasteiger partial charge is 0.214 e. The molecule has 0 fully saturated rings. The maximum Gasteiger partial charge on any atom is 0.214 e. The van der Waals surface area contributed by atoms with Gasteiger partial charge in [0.25, 0.3) is 0 Å². The van der Waals surface area contributed by atoms with E-state index in [-0.39, 0.29) is 0 Å². The predicted octanol–water partition coefficient (Wildman–Crippen LogP) is 1.78. The Morgan fingerprint density at radius 3 is 2.90 bits per heavy atom. The minimum Gasteiger partial charge on any atom is -0.482 e. The first-order valence-electron chi connectivity index (χ1n) is 2.79. The van der Waals surface area contributed by atoms with Gasteiger partial charge in [0.05, 0.1) is 6.61 Å². The lowest BCUT2D eigenvalue weighted by atomic mass is 10.6. The first-order chi connectivity index (χ1) is 4.75. The van der Waals surface area contributed by atoms with E-state index < -0.39 is 0 Å². The quantitative estimate of drug-likeness (QED) is 0.751. The molecule has 0 spiro atoms. The molecule has 3 nitrogen and oxygen atoms in total. The van der Waals surface area contributed by atoms with Crippen LogP contribution in [-0.2, 0) is 0 Å². The molecule has 5 heteroatoms. The lowest BCUT2D eigenvalue weighted by Crippen LogP contribution is -1.89. The van der Waals surface area contributed by atoms with Gasteiger partial charge in [0.2, 0.25) is 5.06 Å². The molecule has 1 rings (SSSR count). The van der Waals surface area contributed by atoms with Crippen LogP contribution in [0.1, 0.15) is 6.92 Å². The molecule has 1 aromatic rings. The van der Waals surface area contributed by atoms with Crippen LogP contribution in [0.4, 0.5) is 5.82 Å². The highest BCUT2D eigenvalue weighted by Gasteiger charge is 2.08. The van der Waals surface area contributed by atoms with Crippen LogP contribution in [0.15, 0.2) is 0 Å². The van der Waals surface area contributed by atoms with Crippen LogP contribution in [-0.4, -0.2) is 11.0 Å². The second kappa shape index (κ2) is 3.07. The highest BCUT2D eigenvalue weighted by molar-refractivity contribution is 7.08. The summed E-state index contributed by atoms with van der Waals surface area (Å²) in [4.78, 5) is 0. The van der Waals surface area contributed by atoms with Crippen LogP contribution in [0, 0.1) is 0 Å². The van der Waals surface area contributed by atoms with E-state index in [9.17, 15) is 0 Å². The van der Waals surface area contributed by atoms with E-state index in [2.05, 4.69) is 4.37 Å². The first kappa shape index (κ1) is 7.63. The van der Waals surface area contributed by atoms with Crippen LogP contribution in [0.3, 0.4) is 0 Å². The average molecular weight is 179 g/mol. The molecular weight excluding hydrogens is 172 g/mol. The van der Waals surface area contributed by atoms with Gasteiger partial charge in [0.1, 0.15) is 5.02 Å². The van der Waals surface area contributed by atoms with E-state index in [1.165, 1.54) is 11.5 Å². The fourth-order valence-electron chi connectivity index (χ4n) is 0.496. The summed E-state index contributed by atoms with van der Waals surface area (Å²) in [6, 6.07) is 0. The Morgan fingerprint density at radius 2 is 2.50 bits per heavy atom. The SMILES string of the molecule is CCOc1snc(N)c1Cl. The Bertz CT molecular complexity index is 225. The minimum atomic E-state index is 0.343. The number of hydrogen-bond donors (Lipinski definition) is 1. The summed E-state index contributed by atoms with van der Waals surface area (Å²) in [5, 5.41) is 1.02. The Balaban J connectivity index is 2.83. The molecule has 1 heterocycles. The summed E-state index contributed by atoms with van der Waals surface area (Å²) in [5.41, 5.74) is 5.36. The number of rotatable bonds is 2. The highest BCUT2D eigenvalue weighted by Crippen LogP contribution is 2.33. The van der Waals surface area contributed by atoms with E-state index in [1.807, 2.05) is 6.92 Å². The van der Waals surface area contributed by atoms with Crippen LogP contribution in [0.2, 0.25) is 5.02 Å². The highest BCUT2D eigenvalue weighted by atomic mass is 35.5. The van der Waals surface area contributed by atoms with Gasteiger partial charge in [-0.1, -0.05) is 11.6 Å². The third kappa shape index (κ3) is 1.33. The van der Waals surface area contributed by atoms with Gasteiger partial charge in [-0.15, -0.1) is 0 Å². The molecule has 0 aliphatic rings. The van der Waals surface area contributed by atoms with Crippen LogP contribution < -0.4 is 10.5 Å². The molecular formula is C5H7ClN2OS. The fourth-order valence-corrected chi connectivity index (χ4v) is 1.37. The molecule has 10 heavy (non-hydrogen) atoms. The van der Waals surface area contributed by atoms with Crippen molar-refractivity contribution >= 4 is 29.0 Å². The van der Waals surface area contributed by atoms with Crippen LogP contribution in [0.5, 0.6) is 5.06 Å². The van der Waals surface area contributed by atoms with E-state index >= 15 is 0 Å². The number of halogens is 1. The van der Waals surface area contributed by atoms with Crippen molar-refractivity contribution < 1.29 is 4.74 Å². The lowest BCUT2D eigenvalue weighted by molar-refractivity contribution is 0.350. The maximum absolute atomic E-state index is 5.69. The van der Waals surface area contributed by atoms with Crippen LogP contribution >= 0.6 is 23.1 Å². The number of nitrogens with zero attached hydrogens (tertiary/aromatic N) is 1. The Hall–Kier alpha value is -0.480. The van der Waals surface area contributed by atoms with E-state index in [4.69, 9.17) is 22.1 Å². The van der Waals surface area contributed by atoms with Gasteiger partial charge in [-0.05, 0) is 6.92 Å². The van der Waals surface area contributed by atoms with Crippen molar-refractivity contribution in [3.8, 4) is 5.06 Å². The molecule has 0 unspecified atom stereocenters. The van der Waals surface area contributed by atoms with E-state index in [1.54, 1.807) is 0 Å². The molecule has 1 aromatic heterocycles. The van der Waals surface area contributed by atoms with Gasteiger partial charge in [-0.3, -0.25) is 0 Å². The largest absolute Gasteiger partial charge is 0.482 e. The molecule has 56 valence electrons. The van der Waals surface area contributed by atoms with Crippen molar-refractivity contribution in [1.82, 2.24) is 4.37 Å². The van der Waals surface area contributed by atoms with Gasteiger partial charge in [-0.2, -0.15) is 4.37 Å². The molecule has 0 bridgehead atoms. The van der Waals surface area contributed by atoms with E-state index in [0.717, 1.165) is 0 Å². The third-order valence-electron chi connectivity index (χ3n) is 0.906. The summed E-state index contributed by atoms with van der Waals surface area (Å²) in [5.74, 6) is 0.343. The van der Waals surface area contributed by atoms with Gasteiger partial charge in [0, 0.05) is 11.5 Å². The standard InChI is InChI=1S/C5H7ClN2OS/c1-2-9-5-3(6)4(7)8-10-5/h2H2,1H3,(H2,7,8). The normalized spacial score (nSPS) is 9.80. The lowest BCUT2D eigenvalue weighted by Gasteiger charge is -1.95. The molecule has 2 N–H and O–H groups in total. The number of anilines is 1. The van der Waals surface area contributed by atoms with Crippen molar-refractivity contribution in [1.29, 1.82) is 0 Å². The molecule has 0 atom stereocenters. The topological polar surface area (TPSA) is 48.1 Å². The van der Waals surface area contributed by atoms with Crippen molar-refractivity contribution in [2.75, 3.05) is 12.3 Å². The number of aromatic nitrogens is 1. The molecule has 0 amide bonds. The molecule has 0 aliphatic carbocycles. The zero-order valence-electron chi connectivity index (χ0n) is 5.43. The van der Waals surface area contributed by atoms with Gasteiger partial charge in [-0.25, -0.2) is 0 Å². The Morgan fingerprint density at radius 1 is 1.80 bits per heavy atom. The molecule has 0 aromatic carbocycles. The van der Waals surface area contributed by atoms with Gasteiger partial charge >= 0.3 is 0 Å². The predicted molar refractivity (Wildman–Crippen MR) is 42.7 cm³/mol. The third-order valence-corrected chi connectivity index (χ3v) is 2.16. The summed E-state index contributed by atoms with van der Waals surface area (Å²) < 4.78 is 8.90. The van der Waals surface area contributed by atoms with Crippen molar-refractivity contribution in [2.45, 2.75) is 6.92 Å². The summed E-state index contributed by atoms with van der Waals surface area (Å²) in [7, 11) is 0. The summed E-state index contributed by atoms with van der Waals surface area (Å²) in [6.45, 7) is 2.47. The van der Waals surface area contributed by atoms with Crippen molar-refractivity contribution in [3.63, 3.8) is 0 Å². The summed E-state index contributed by atoms with van der Waals surface area (Å²) in [6.07, 6.45) is 0. The number of nitrogens with two attached hydrogens (primary N) is 1. The zero-order chi connectivity index (χ0) is 7.56. The minimum absolute atomic E-state index is 0.343. The number of hydrogen-bond acceptors (Lipinski definition) is 4. The van der Waals surface area contributed by atoms with E-state index in [0.29, 0.717) is 22.5 Å². The second-order valence-corrected chi connectivity index (χ2v) is 2.72. The second-order valence-electron chi connectivity index (χ2n) is 1.60. The Kier molecular flexibility index (Phi) is 2.34. The molecule has 0 saturated heterocycles. The Labute approximate surface area is 67.9 Å². The molecule has 0 saturated carbocycles. The molecule has 0 radical (unpaired) electrons. The van der Waals surface area contributed by atoms with Crippen molar-refractivity contribution in [3.05, 3.63) is 5.02 Å². The fraction of sp³-hybridized carbons (Fsp3) is 0.400. The van der Waals surface area contributed by atoms with Crippen LogP contribution in [0.25, 0.3) is 0 Å². The molecule has 0 aliphatic heterocycles.